The number of hydrogen-bond acceptors (Lipinski definition) is 0. The molecule has 0 spiro atoms. The number of hydrogen-bond donors (Lipinski definition) is 0. The summed E-state index contributed by atoms with van der Waals surface area (Å²) < 4.78 is 1.30. The minimum atomic E-state index is 0.814. The minimum absolute atomic E-state index is 0.814. The number of aryl methyl sites for hydroxylation is 1. The fourth-order valence-electron chi connectivity index (χ4n) is 2.21. The summed E-state index contributed by atoms with van der Waals surface area (Å²) in [5.74, 6) is 0.814. The zero-order chi connectivity index (χ0) is 9.26. The first-order valence-electron chi connectivity index (χ1n) is 5.03. The maximum atomic E-state index is 3.64. The van der Waals surface area contributed by atoms with Crippen molar-refractivity contribution in [3.05, 3.63) is 33.8 Å². The van der Waals surface area contributed by atoms with Gasteiger partial charge in [0.2, 0.25) is 0 Å². The Morgan fingerprint density at radius 3 is 2.62 bits per heavy atom. The lowest BCUT2D eigenvalue weighted by atomic mass is 9.96. The van der Waals surface area contributed by atoms with E-state index in [1.807, 2.05) is 0 Å². The first-order valence-corrected chi connectivity index (χ1v) is 5.83. The van der Waals surface area contributed by atoms with E-state index in [1.165, 1.54) is 41.3 Å². The molecule has 0 radical (unpaired) electrons. The zero-order valence-corrected chi connectivity index (χ0v) is 9.60. The molecule has 0 saturated heterocycles. The van der Waals surface area contributed by atoms with Gasteiger partial charge in [-0.3, -0.25) is 0 Å². The van der Waals surface area contributed by atoms with Crippen LogP contribution >= 0.6 is 15.9 Å². The highest BCUT2D eigenvalue weighted by Crippen LogP contribution is 2.37. The third-order valence-corrected chi connectivity index (χ3v) is 3.67. The molecule has 0 unspecified atom stereocenters. The molecule has 1 saturated carbocycles. The molecule has 2 rings (SSSR count). The molecule has 0 aromatic heterocycles. The highest BCUT2D eigenvalue weighted by Gasteiger charge is 2.18. The summed E-state index contributed by atoms with van der Waals surface area (Å²) in [5.41, 5.74) is 2.91. The maximum Gasteiger partial charge on any atom is 0.0210 e. The molecule has 1 aliphatic rings. The Balaban J connectivity index is 2.32. The first kappa shape index (κ1) is 9.26. The fraction of sp³-hybridized carbons (Fsp3) is 0.500. The summed E-state index contributed by atoms with van der Waals surface area (Å²) in [6.07, 6.45) is 5.57. The molecular formula is C12H15Br. The van der Waals surface area contributed by atoms with Crippen molar-refractivity contribution >= 4 is 15.9 Å². The molecular weight excluding hydrogens is 224 g/mol. The minimum Gasteiger partial charge on any atom is -0.0582 e. The largest absolute Gasteiger partial charge is 0.0582 e. The van der Waals surface area contributed by atoms with Gasteiger partial charge in [0, 0.05) is 4.47 Å². The van der Waals surface area contributed by atoms with Gasteiger partial charge >= 0.3 is 0 Å². The van der Waals surface area contributed by atoms with E-state index in [2.05, 4.69) is 41.1 Å². The molecule has 13 heavy (non-hydrogen) atoms. The number of benzene rings is 1. The molecule has 0 atom stereocenters. The van der Waals surface area contributed by atoms with Crippen LogP contribution < -0.4 is 0 Å². The van der Waals surface area contributed by atoms with Gasteiger partial charge in [-0.1, -0.05) is 46.5 Å². The van der Waals surface area contributed by atoms with E-state index in [4.69, 9.17) is 0 Å². The van der Waals surface area contributed by atoms with Crippen molar-refractivity contribution in [3.63, 3.8) is 0 Å². The van der Waals surface area contributed by atoms with E-state index >= 15 is 0 Å². The predicted molar refractivity (Wildman–Crippen MR) is 60.1 cm³/mol. The number of rotatable bonds is 1. The molecule has 1 aromatic rings. The second kappa shape index (κ2) is 3.83. The van der Waals surface area contributed by atoms with E-state index < -0.39 is 0 Å². The highest BCUT2D eigenvalue weighted by atomic mass is 79.9. The van der Waals surface area contributed by atoms with Gasteiger partial charge in [-0.2, -0.15) is 0 Å². The third kappa shape index (κ3) is 1.96. The average Bonchev–Trinajstić information content (AvgIpc) is 2.61. The lowest BCUT2D eigenvalue weighted by Gasteiger charge is -2.12. The van der Waals surface area contributed by atoms with Gasteiger partial charge in [-0.15, -0.1) is 0 Å². The Morgan fingerprint density at radius 1 is 1.23 bits per heavy atom. The van der Waals surface area contributed by atoms with Crippen LogP contribution in [-0.2, 0) is 0 Å². The molecule has 1 heteroatoms. The molecule has 0 nitrogen and oxygen atoms in total. The van der Waals surface area contributed by atoms with Crippen LogP contribution in [0.3, 0.4) is 0 Å². The quantitative estimate of drug-likeness (QED) is 0.680. The smallest absolute Gasteiger partial charge is 0.0210 e. The van der Waals surface area contributed by atoms with Crippen LogP contribution in [-0.4, -0.2) is 0 Å². The Kier molecular flexibility index (Phi) is 2.73. The standard InChI is InChI=1S/C12H15Br/c1-9-6-7-12(13)11(8-9)10-4-2-3-5-10/h6-8,10H,2-5H2,1H3. The van der Waals surface area contributed by atoms with Crippen LogP contribution in [0.25, 0.3) is 0 Å². The summed E-state index contributed by atoms with van der Waals surface area (Å²) in [7, 11) is 0. The van der Waals surface area contributed by atoms with Crippen LogP contribution in [0.5, 0.6) is 0 Å². The van der Waals surface area contributed by atoms with Gasteiger partial charge in [-0.05, 0) is 37.3 Å². The molecule has 0 amide bonds. The highest BCUT2D eigenvalue weighted by molar-refractivity contribution is 9.10. The Bertz CT molecular complexity index is 298. The topological polar surface area (TPSA) is 0 Å². The van der Waals surface area contributed by atoms with Gasteiger partial charge in [0.25, 0.3) is 0 Å². The molecule has 70 valence electrons. The first-order chi connectivity index (χ1) is 6.27. The lowest BCUT2D eigenvalue weighted by Crippen LogP contribution is -1.94. The van der Waals surface area contributed by atoms with Crippen molar-refractivity contribution in [2.75, 3.05) is 0 Å². The molecule has 0 aliphatic heterocycles. The van der Waals surface area contributed by atoms with Crippen LogP contribution in [0.4, 0.5) is 0 Å². The van der Waals surface area contributed by atoms with E-state index in [-0.39, 0.29) is 0 Å². The van der Waals surface area contributed by atoms with E-state index in [0.717, 1.165) is 5.92 Å². The fourth-order valence-corrected chi connectivity index (χ4v) is 2.78. The van der Waals surface area contributed by atoms with Crippen LogP contribution in [0.15, 0.2) is 22.7 Å². The second-order valence-corrected chi connectivity index (χ2v) is 4.86. The van der Waals surface area contributed by atoms with Gasteiger partial charge in [0.15, 0.2) is 0 Å². The van der Waals surface area contributed by atoms with Crippen molar-refractivity contribution < 1.29 is 0 Å². The monoisotopic (exact) mass is 238 g/mol. The normalized spacial score (nSPS) is 18.0. The maximum absolute atomic E-state index is 3.64. The van der Waals surface area contributed by atoms with Gasteiger partial charge in [0.05, 0.1) is 0 Å². The summed E-state index contributed by atoms with van der Waals surface area (Å²) >= 11 is 3.64. The Morgan fingerprint density at radius 2 is 1.92 bits per heavy atom. The summed E-state index contributed by atoms with van der Waals surface area (Å²) in [4.78, 5) is 0. The van der Waals surface area contributed by atoms with Gasteiger partial charge < -0.3 is 0 Å². The molecule has 1 fully saturated rings. The van der Waals surface area contributed by atoms with E-state index in [9.17, 15) is 0 Å². The van der Waals surface area contributed by atoms with E-state index in [0.29, 0.717) is 0 Å². The summed E-state index contributed by atoms with van der Waals surface area (Å²) in [5, 5.41) is 0. The lowest BCUT2D eigenvalue weighted by molar-refractivity contribution is 0.719. The number of halogens is 1. The van der Waals surface area contributed by atoms with Gasteiger partial charge in [-0.25, -0.2) is 0 Å². The molecule has 1 aliphatic carbocycles. The summed E-state index contributed by atoms with van der Waals surface area (Å²) in [6.45, 7) is 2.17. The van der Waals surface area contributed by atoms with Crippen molar-refractivity contribution in [2.24, 2.45) is 0 Å². The van der Waals surface area contributed by atoms with E-state index in [1.54, 1.807) is 0 Å². The van der Waals surface area contributed by atoms with Crippen LogP contribution in [0.2, 0.25) is 0 Å². The SMILES string of the molecule is Cc1ccc(Br)c(C2CCCC2)c1. The average molecular weight is 239 g/mol. The van der Waals surface area contributed by atoms with Crippen molar-refractivity contribution in [2.45, 2.75) is 38.5 Å². The van der Waals surface area contributed by atoms with Crippen molar-refractivity contribution in [3.8, 4) is 0 Å². The summed E-state index contributed by atoms with van der Waals surface area (Å²) in [6, 6.07) is 6.69. The Hall–Kier alpha value is -0.300. The zero-order valence-electron chi connectivity index (χ0n) is 8.02. The predicted octanol–water partition coefficient (Wildman–Crippen LogP) is 4.42. The molecule has 0 N–H and O–H groups in total. The van der Waals surface area contributed by atoms with Crippen molar-refractivity contribution in [1.29, 1.82) is 0 Å². The Labute approximate surface area is 88.5 Å². The van der Waals surface area contributed by atoms with Crippen molar-refractivity contribution in [1.82, 2.24) is 0 Å². The van der Waals surface area contributed by atoms with Gasteiger partial charge in [0.1, 0.15) is 0 Å². The van der Waals surface area contributed by atoms with Crippen LogP contribution in [0.1, 0.15) is 42.7 Å². The third-order valence-electron chi connectivity index (χ3n) is 2.95. The second-order valence-electron chi connectivity index (χ2n) is 4.01. The molecule has 0 bridgehead atoms. The molecule has 0 heterocycles. The van der Waals surface area contributed by atoms with Crippen LogP contribution in [0, 0.1) is 6.92 Å². The molecule has 1 aromatic carbocycles.